The van der Waals surface area contributed by atoms with E-state index in [-0.39, 0.29) is 0 Å². The third-order valence-electron chi connectivity index (χ3n) is 2.87. The minimum absolute atomic E-state index is 0.799. The third kappa shape index (κ3) is 1.78. The summed E-state index contributed by atoms with van der Waals surface area (Å²) in [6.45, 7) is 0. The summed E-state index contributed by atoms with van der Waals surface area (Å²) in [6, 6.07) is 10.1. The molecule has 3 aromatic rings. The fraction of sp³-hybridized carbons (Fsp3) is 0.0714. The van der Waals surface area contributed by atoms with E-state index in [4.69, 9.17) is 0 Å². The largest absolute Gasteiger partial charge is 0.373 e. The molecular formula is C14H12N4. The number of aromatic nitrogens is 3. The van der Waals surface area contributed by atoms with Gasteiger partial charge in [-0.15, -0.1) is 0 Å². The summed E-state index contributed by atoms with van der Waals surface area (Å²) in [5, 5.41) is 5.27. The number of benzene rings is 1. The number of anilines is 1. The van der Waals surface area contributed by atoms with Crippen LogP contribution in [0.2, 0.25) is 0 Å². The number of hydrogen-bond donors (Lipinski definition) is 1. The number of rotatable bonds is 2. The summed E-state index contributed by atoms with van der Waals surface area (Å²) in [5.74, 6) is 0.799. The van der Waals surface area contributed by atoms with E-state index in [1.165, 1.54) is 0 Å². The first-order valence-electron chi connectivity index (χ1n) is 5.71. The number of nitrogens with zero attached hydrogens (tertiary/aromatic N) is 3. The van der Waals surface area contributed by atoms with Crippen molar-refractivity contribution in [3.63, 3.8) is 0 Å². The molecule has 0 saturated heterocycles. The molecule has 4 nitrogen and oxygen atoms in total. The van der Waals surface area contributed by atoms with E-state index in [0.717, 1.165) is 27.8 Å². The molecule has 0 radical (unpaired) electrons. The van der Waals surface area contributed by atoms with Gasteiger partial charge in [0.05, 0.1) is 5.69 Å². The van der Waals surface area contributed by atoms with Gasteiger partial charge in [0.25, 0.3) is 0 Å². The van der Waals surface area contributed by atoms with Gasteiger partial charge in [-0.25, -0.2) is 9.97 Å². The van der Waals surface area contributed by atoms with Gasteiger partial charge in [0, 0.05) is 36.5 Å². The van der Waals surface area contributed by atoms with Gasteiger partial charge in [0.2, 0.25) is 0 Å². The maximum absolute atomic E-state index is 4.32. The van der Waals surface area contributed by atoms with Gasteiger partial charge in [0.1, 0.15) is 12.1 Å². The molecule has 88 valence electrons. The fourth-order valence-electron chi connectivity index (χ4n) is 1.96. The maximum Gasteiger partial charge on any atom is 0.129 e. The second-order valence-corrected chi connectivity index (χ2v) is 3.95. The van der Waals surface area contributed by atoms with Crippen LogP contribution >= 0.6 is 0 Å². The standard InChI is InChI=1S/C14H12N4/c1-15-14-6-13(17-9-18-14)12-8-16-7-10-4-2-3-5-11(10)12/h2-9H,1H3,(H,15,17,18). The molecule has 0 saturated carbocycles. The molecule has 0 aliphatic carbocycles. The first-order valence-corrected chi connectivity index (χ1v) is 5.71. The lowest BCUT2D eigenvalue weighted by Gasteiger charge is -2.06. The Kier molecular flexibility index (Phi) is 2.61. The van der Waals surface area contributed by atoms with Crippen molar-refractivity contribution in [1.82, 2.24) is 15.0 Å². The van der Waals surface area contributed by atoms with Gasteiger partial charge in [0.15, 0.2) is 0 Å². The smallest absolute Gasteiger partial charge is 0.129 e. The van der Waals surface area contributed by atoms with Crippen LogP contribution in [-0.4, -0.2) is 22.0 Å². The summed E-state index contributed by atoms with van der Waals surface area (Å²) >= 11 is 0. The Morgan fingerprint density at radius 2 is 1.94 bits per heavy atom. The van der Waals surface area contributed by atoms with E-state index in [2.05, 4.69) is 26.3 Å². The Morgan fingerprint density at radius 3 is 2.83 bits per heavy atom. The molecule has 4 heteroatoms. The van der Waals surface area contributed by atoms with Gasteiger partial charge in [-0.2, -0.15) is 0 Å². The molecule has 18 heavy (non-hydrogen) atoms. The van der Waals surface area contributed by atoms with E-state index in [9.17, 15) is 0 Å². The van der Waals surface area contributed by atoms with Crippen LogP contribution in [0, 0.1) is 0 Å². The van der Waals surface area contributed by atoms with Crippen molar-refractivity contribution in [2.45, 2.75) is 0 Å². The van der Waals surface area contributed by atoms with E-state index in [1.807, 2.05) is 43.7 Å². The Hall–Kier alpha value is -2.49. The highest BCUT2D eigenvalue weighted by Gasteiger charge is 2.06. The molecule has 0 aliphatic heterocycles. The van der Waals surface area contributed by atoms with Crippen molar-refractivity contribution < 1.29 is 0 Å². The fourth-order valence-corrected chi connectivity index (χ4v) is 1.96. The monoisotopic (exact) mass is 236 g/mol. The number of pyridine rings is 1. The van der Waals surface area contributed by atoms with Crippen molar-refractivity contribution in [3.05, 3.63) is 49.1 Å². The Morgan fingerprint density at radius 1 is 1.06 bits per heavy atom. The average Bonchev–Trinajstić information content (AvgIpc) is 2.47. The summed E-state index contributed by atoms with van der Waals surface area (Å²) in [5.41, 5.74) is 1.89. The van der Waals surface area contributed by atoms with Crippen molar-refractivity contribution in [2.24, 2.45) is 0 Å². The second-order valence-electron chi connectivity index (χ2n) is 3.95. The van der Waals surface area contributed by atoms with Gasteiger partial charge in [-0.05, 0) is 5.39 Å². The van der Waals surface area contributed by atoms with Gasteiger partial charge < -0.3 is 5.32 Å². The Balaban J connectivity index is 2.24. The first kappa shape index (κ1) is 10.7. The van der Waals surface area contributed by atoms with Crippen molar-refractivity contribution in [1.29, 1.82) is 0 Å². The van der Waals surface area contributed by atoms with E-state index in [1.54, 1.807) is 6.33 Å². The Labute approximate surface area is 105 Å². The third-order valence-corrected chi connectivity index (χ3v) is 2.87. The molecule has 0 bridgehead atoms. The molecule has 3 rings (SSSR count). The predicted octanol–water partition coefficient (Wildman–Crippen LogP) is 2.73. The summed E-state index contributed by atoms with van der Waals surface area (Å²) in [6.07, 6.45) is 5.26. The van der Waals surface area contributed by atoms with Crippen molar-refractivity contribution in [3.8, 4) is 11.3 Å². The molecule has 0 aliphatic rings. The minimum atomic E-state index is 0.799. The van der Waals surface area contributed by atoms with Crippen LogP contribution in [0.3, 0.4) is 0 Å². The zero-order valence-corrected chi connectivity index (χ0v) is 9.96. The molecule has 2 aromatic heterocycles. The topological polar surface area (TPSA) is 50.7 Å². The average molecular weight is 236 g/mol. The van der Waals surface area contributed by atoms with Gasteiger partial charge in [-0.1, -0.05) is 24.3 Å². The van der Waals surface area contributed by atoms with E-state index >= 15 is 0 Å². The van der Waals surface area contributed by atoms with E-state index in [0.29, 0.717) is 0 Å². The molecule has 0 amide bonds. The van der Waals surface area contributed by atoms with Crippen LogP contribution in [0.5, 0.6) is 0 Å². The molecule has 2 heterocycles. The van der Waals surface area contributed by atoms with Gasteiger partial charge in [-0.3, -0.25) is 4.98 Å². The first-order chi connectivity index (χ1) is 8.88. The van der Waals surface area contributed by atoms with E-state index < -0.39 is 0 Å². The van der Waals surface area contributed by atoms with Crippen LogP contribution in [-0.2, 0) is 0 Å². The van der Waals surface area contributed by atoms with Gasteiger partial charge >= 0.3 is 0 Å². The SMILES string of the molecule is CNc1cc(-c2cncc3ccccc23)ncn1. The lowest BCUT2D eigenvalue weighted by atomic mass is 10.1. The number of hydrogen-bond acceptors (Lipinski definition) is 4. The highest BCUT2D eigenvalue weighted by atomic mass is 15.0. The number of nitrogens with one attached hydrogen (secondary N) is 1. The molecule has 1 aromatic carbocycles. The highest BCUT2D eigenvalue weighted by molar-refractivity contribution is 5.94. The molecule has 1 N–H and O–H groups in total. The van der Waals surface area contributed by atoms with Crippen LogP contribution in [0.25, 0.3) is 22.0 Å². The quantitative estimate of drug-likeness (QED) is 0.743. The lowest BCUT2D eigenvalue weighted by molar-refractivity contribution is 1.16. The van der Waals surface area contributed by atoms with Crippen LogP contribution in [0.1, 0.15) is 0 Å². The molecule has 0 spiro atoms. The lowest BCUT2D eigenvalue weighted by Crippen LogP contribution is -1.94. The molecular weight excluding hydrogens is 224 g/mol. The molecule has 0 atom stereocenters. The zero-order valence-electron chi connectivity index (χ0n) is 9.96. The minimum Gasteiger partial charge on any atom is -0.373 e. The van der Waals surface area contributed by atoms with Crippen LogP contribution < -0.4 is 5.32 Å². The second kappa shape index (κ2) is 4.41. The Bertz CT molecular complexity index is 689. The highest BCUT2D eigenvalue weighted by Crippen LogP contribution is 2.26. The normalized spacial score (nSPS) is 10.5. The molecule has 0 unspecified atom stereocenters. The predicted molar refractivity (Wildman–Crippen MR) is 72.3 cm³/mol. The van der Waals surface area contributed by atoms with Crippen molar-refractivity contribution in [2.75, 3.05) is 12.4 Å². The molecule has 0 fully saturated rings. The van der Waals surface area contributed by atoms with Crippen LogP contribution in [0.4, 0.5) is 5.82 Å². The zero-order chi connectivity index (χ0) is 12.4. The van der Waals surface area contributed by atoms with Crippen molar-refractivity contribution >= 4 is 16.6 Å². The number of fused-ring (bicyclic) bond motifs is 1. The summed E-state index contributed by atoms with van der Waals surface area (Å²) in [7, 11) is 1.84. The van der Waals surface area contributed by atoms with Crippen LogP contribution in [0.15, 0.2) is 49.1 Å². The summed E-state index contributed by atoms with van der Waals surface area (Å²) < 4.78 is 0. The summed E-state index contributed by atoms with van der Waals surface area (Å²) in [4.78, 5) is 12.7. The maximum atomic E-state index is 4.32.